The zero-order valence-electron chi connectivity index (χ0n) is 9.11. The predicted octanol–water partition coefficient (Wildman–Crippen LogP) is 4.33. The van der Waals surface area contributed by atoms with Crippen LogP contribution < -0.4 is 0 Å². The molecule has 0 saturated carbocycles. The number of aliphatic hydroxyl groups is 1. The van der Waals surface area contributed by atoms with Gasteiger partial charge in [0, 0.05) is 14.5 Å². The number of halogens is 2. The molecule has 0 aliphatic rings. The highest BCUT2D eigenvalue weighted by molar-refractivity contribution is 14.1. The van der Waals surface area contributed by atoms with E-state index >= 15 is 0 Å². The van der Waals surface area contributed by atoms with E-state index in [4.69, 9.17) is 0 Å². The monoisotopic (exact) mass is 402 g/mol. The van der Waals surface area contributed by atoms with Crippen LogP contribution in [0.15, 0.2) is 53.0 Å². The van der Waals surface area contributed by atoms with Gasteiger partial charge in [0.2, 0.25) is 0 Å². The molecular formula is C14H12BrIO. The maximum atomic E-state index is 10.1. The van der Waals surface area contributed by atoms with Crippen molar-refractivity contribution in [3.05, 3.63) is 67.7 Å². The molecule has 0 spiro atoms. The van der Waals surface area contributed by atoms with Gasteiger partial charge in [0.05, 0.1) is 6.10 Å². The number of hydrogen-bond donors (Lipinski definition) is 1. The first-order valence-electron chi connectivity index (χ1n) is 5.33. The Labute approximate surface area is 123 Å². The molecule has 0 aliphatic heterocycles. The van der Waals surface area contributed by atoms with E-state index in [1.807, 2.05) is 24.3 Å². The Morgan fingerprint density at radius 2 is 1.59 bits per heavy atom. The Morgan fingerprint density at radius 3 is 2.18 bits per heavy atom. The Hall–Kier alpha value is -0.390. The number of hydrogen-bond acceptors (Lipinski definition) is 1. The lowest BCUT2D eigenvalue weighted by atomic mass is 10.0. The molecule has 0 saturated heterocycles. The van der Waals surface area contributed by atoms with Crippen LogP contribution in [-0.2, 0) is 6.42 Å². The van der Waals surface area contributed by atoms with Gasteiger partial charge in [-0.2, -0.15) is 0 Å². The molecule has 0 amide bonds. The summed E-state index contributed by atoms with van der Waals surface area (Å²) in [6.45, 7) is 0. The first-order chi connectivity index (χ1) is 8.15. The standard InChI is InChI=1S/C14H12BrIO/c15-12-5-3-11(4-6-12)14(17)9-10-1-7-13(16)8-2-10/h1-8,14,17H,9H2. The van der Waals surface area contributed by atoms with Crippen molar-refractivity contribution in [1.29, 1.82) is 0 Å². The summed E-state index contributed by atoms with van der Waals surface area (Å²) < 4.78 is 2.24. The summed E-state index contributed by atoms with van der Waals surface area (Å²) in [4.78, 5) is 0. The fraction of sp³-hybridized carbons (Fsp3) is 0.143. The third-order valence-electron chi connectivity index (χ3n) is 2.60. The lowest BCUT2D eigenvalue weighted by Gasteiger charge is -2.11. The first-order valence-corrected chi connectivity index (χ1v) is 7.20. The van der Waals surface area contributed by atoms with E-state index in [-0.39, 0.29) is 0 Å². The summed E-state index contributed by atoms with van der Waals surface area (Å²) in [6.07, 6.45) is 0.210. The van der Waals surface area contributed by atoms with Crippen molar-refractivity contribution in [1.82, 2.24) is 0 Å². The lowest BCUT2D eigenvalue weighted by Crippen LogP contribution is -2.01. The number of aliphatic hydroxyl groups excluding tert-OH is 1. The highest BCUT2D eigenvalue weighted by atomic mass is 127. The van der Waals surface area contributed by atoms with Crippen LogP contribution in [0.2, 0.25) is 0 Å². The van der Waals surface area contributed by atoms with Gasteiger partial charge in [-0.3, -0.25) is 0 Å². The molecule has 2 aromatic carbocycles. The highest BCUT2D eigenvalue weighted by Crippen LogP contribution is 2.20. The van der Waals surface area contributed by atoms with E-state index in [0.29, 0.717) is 6.42 Å². The summed E-state index contributed by atoms with van der Waals surface area (Å²) >= 11 is 5.66. The maximum absolute atomic E-state index is 10.1. The molecule has 1 N–H and O–H groups in total. The highest BCUT2D eigenvalue weighted by Gasteiger charge is 2.08. The number of rotatable bonds is 3. The molecular weight excluding hydrogens is 391 g/mol. The molecule has 0 aliphatic carbocycles. The second-order valence-electron chi connectivity index (χ2n) is 3.90. The topological polar surface area (TPSA) is 20.2 Å². The average molecular weight is 403 g/mol. The van der Waals surface area contributed by atoms with Gasteiger partial charge >= 0.3 is 0 Å². The maximum Gasteiger partial charge on any atom is 0.0830 e. The summed E-state index contributed by atoms with van der Waals surface area (Å²) in [5.74, 6) is 0. The number of benzene rings is 2. The minimum atomic E-state index is -0.442. The van der Waals surface area contributed by atoms with E-state index in [1.54, 1.807) is 0 Å². The minimum absolute atomic E-state index is 0.442. The van der Waals surface area contributed by atoms with Gasteiger partial charge in [-0.15, -0.1) is 0 Å². The Bertz CT molecular complexity index is 479. The molecule has 0 radical (unpaired) electrons. The van der Waals surface area contributed by atoms with E-state index in [1.165, 1.54) is 3.57 Å². The Balaban J connectivity index is 2.08. The van der Waals surface area contributed by atoms with Gasteiger partial charge in [-0.25, -0.2) is 0 Å². The van der Waals surface area contributed by atoms with E-state index in [2.05, 4.69) is 62.8 Å². The lowest BCUT2D eigenvalue weighted by molar-refractivity contribution is 0.178. The Morgan fingerprint density at radius 1 is 1.00 bits per heavy atom. The second kappa shape index (κ2) is 5.98. The van der Waals surface area contributed by atoms with Crippen LogP contribution in [0, 0.1) is 3.57 Å². The van der Waals surface area contributed by atoms with E-state index in [9.17, 15) is 5.11 Å². The summed E-state index contributed by atoms with van der Waals surface area (Å²) in [7, 11) is 0. The van der Waals surface area contributed by atoms with Crippen LogP contribution in [0.4, 0.5) is 0 Å². The quantitative estimate of drug-likeness (QED) is 0.757. The van der Waals surface area contributed by atoms with Gasteiger partial charge in [0.1, 0.15) is 0 Å². The van der Waals surface area contributed by atoms with Gasteiger partial charge in [0.25, 0.3) is 0 Å². The fourth-order valence-corrected chi connectivity index (χ4v) is 2.27. The van der Waals surface area contributed by atoms with Crippen molar-refractivity contribution in [3.63, 3.8) is 0 Å². The first kappa shape index (κ1) is 13.1. The molecule has 1 unspecified atom stereocenters. The minimum Gasteiger partial charge on any atom is -0.388 e. The molecule has 1 nitrogen and oxygen atoms in total. The normalized spacial score (nSPS) is 12.4. The fourth-order valence-electron chi connectivity index (χ4n) is 1.65. The SMILES string of the molecule is OC(Cc1ccc(I)cc1)c1ccc(Br)cc1. The summed E-state index contributed by atoms with van der Waals surface area (Å²) in [5.41, 5.74) is 2.10. The van der Waals surface area contributed by atoms with Crippen molar-refractivity contribution < 1.29 is 5.11 Å². The molecule has 0 aromatic heterocycles. The third-order valence-corrected chi connectivity index (χ3v) is 3.84. The van der Waals surface area contributed by atoms with Crippen molar-refractivity contribution >= 4 is 38.5 Å². The molecule has 88 valence electrons. The zero-order chi connectivity index (χ0) is 12.3. The predicted molar refractivity (Wildman–Crippen MR) is 82.0 cm³/mol. The van der Waals surface area contributed by atoms with Gasteiger partial charge < -0.3 is 5.11 Å². The van der Waals surface area contributed by atoms with Gasteiger partial charge in [-0.05, 0) is 58.0 Å². The van der Waals surface area contributed by atoms with Crippen molar-refractivity contribution in [2.75, 3.05) is 0 Å². The van der Waals surface area contributed by atoms with Crippen LogP contribution in [0.5, 0.6) is 0 Å². The van der Waals surface area contributed by atoms with Gasteiger partial charge in [0.15, 0.2) is 0 Å². The molecule has 0 fully saturated rings. The third kappa shape index (κ3) is 3.79. The van der Waals surface area contributed by atoms with Gasteiger partial charge in [-0.1, -0.05) is 40.2 Å². The molecule has 17 heavy (non-hydrogen) atoms. The Kier molecular flexibility index (Phi) is 4.59. The molecule has 2 rings (SSSR count). The van der Waals surface area contributed by atoms with Crippen molar-refractivity contribution in [3.8, 4) is 0 Å². The van der Waals surface area contributed by atoms with E-state index < -0.39 is 6.10 Å². The van der Waals surface area contributed by atoms with Crippen LogP contribution in [0.1, 0.15) is 17.2 Å². The molecule has 2 aromatic rings. The van der Waals surface area contributed by atoms with E-state index in [0.717, 1.165) is 15.6 Å². The molecule has 0 bridgehead atoms. The molecule has 0 heterocycles. The van der Waals surface area contributed by atoms with Crippen molar-refractivity contribution in [2.45, 2.75) is 12.5 Å². The molecule has 1 atom stereocenters. The second-order valence-corrected chi connectivity index (χ2v) is 6.06. The zero-order valence-corrected chi connectivity index (χ0v) is 12.8. The smallest absolute Gasteiger partial charge is 0.0830 e. The van der Waals surface area contributed by atoms with Crippen LogP contribution in [-0.4, -0.2) is 5.11 Å². The van der Waals surface area contributed by atoms with Crippen LogP contribution in [0.25, 0.3) is 0 Å². The summed E-state index contributed by atoms with van der Waals surface area (Å²) in [6, 6.07) is 16.0. The van der Waals surface area contributed by atoms with Crippen LogP contribution in [0.3, 0.4) is 0 Å². The van der Waals surface area contributed by atoms with Crippen molar-refractivity contribution in [2.24, 2.45) is 0 Å². The molecule has 3 heteroatoms. The summed E-state index contributed by atoms with van der Waals surface area (Å²) in [5, 5.41) is 10.1. The largest absolute Gasteiger partial charge is 0.388 e. The average Bonchev–Trinajstić information content (AvgIpc) is 2.33. The van der Waals surface area contributed by atoms with Crippen LogP contribution >= 0.6 is 38.5 Å².